The SMILES string of the molecule is CCSCC(=O)C1(OC(C)=O)CC[C@@]2(C)C3CCC4=Cc5c(cnn5-c5ccc(F)cc5)CC4(C)[C@@]3(C)C(O)CC12C. The van der Waals surface area contributed by atoms with Crippen LogP contribution in [0.5, 0.6) is 0 Å². The van der Waals surface area contributed by atoms with Crippen LogP contribution in [0.1, 0.15) is 84.9 Å². The summed E-state index contributed by atoms with van der Waals surface area (Å²) in [7, 11) is 0. The average molecular weight is 595 g/mol. The molecule has 0 bridgehead atoms. The Balaban J connectivity index is 1.42. The number of benzene rings is 1. The highest BCUT2D eigenvalue weighted by molar-refractivity contribution is 7.99. The first kappa shape index (κ1) is 29.6. The molecule has 226 valence electrons. The number of Topliss-reactive ketones (excluding diaryl/α,β-unsaturated/α-hetero) is 1. The quantitative estimate of drug-likeness (QED) is 0.381. The van der Waals surface area contributed by atoms with Gasteiger partial charge in [-0.25, -0.2) is 9.07 Å². The first-order chi connectivity index (χ1) is 19.8. The molecule has 0 spiro atoms. The second kappa shape index (κ2) is 9.78. The molecule has 3 saturated carbocycles. The molecule has 0 saturated heterocycles. The Kier molecular flexibility index (Phi) is 6.90. The van der Waals surface area contributed by atoms with Gasteiger partial charge >= 0.3 is 5.97 Å². The molecule has 7 atom stereocenters. The van der Waals surface area contributed by atoms with E-state index >= 15 is 0 Å². The fourth-order valence-corrected chi connectivity index (χ4v) is 10.6. The van der Waals surface area contributed by atoms with Crippen molar-refractivity contribution in [2.45, 2.75) is 91.8 Å². The van der Waals surface area contributed by atoms with Gasteiger partial charge in [0.2, 0.25) is 0 Å². The summed E-state index contributed by atoms with van der Waals surface area (Å²) >= 11 is 1.56. The molecule has 2 aromatic rings. The van der Waals surface area contributed by atoms with Crippen molar-refractivity contribution in [3.8, 4) is 5.69 Å². The maximum Gasteiger partial charge on any atom is 0.303 e. The Morgan fingerprint density at radius 2 is 1.88 bits per heavy atom. The third-order valence-corrected chi connectivity index (χ3v) is 13.4. The van der Waals surface area contributed by atoms with Gasteiger partial charge < -0.3 is 9.84 Å². The van der Waals surface area contributed by atoms with Crippen molar-refractivity contribution in [1.29, 1.82) is 0 Å². The predicted octanol–water partition coefficient (Wildman–Crippen LogP) is 6.57. The Hall–Kier alpha value is -2.45. The Bertz CT molecular complexity index is 1470. The van der Waals surface area contributed by atoms with E-state index in [0.29, 0.717) is 18.6 Å². The van der Waals surface area contributed by atoms with E-state index in [2.05, 4.69) is 33.8 Å². The molecule has 42 heavy (non-hydrogen) atoms. The van der Waals surface area contributed by atoms with Crippen molar-refractivity contribution < 1.29 is 23.8 Å². The maximum atomic E-state index is 14.0. The lowest BCUT2D eigenvalue weighted by Gasteiger charge is -2.70. The number of esters is 1. The molecule has 4 aliphatic carbocycles. The van der Waals surface area contributed by atoms with Crippen LogP contribution in [0.2, 0.25) is 0 Å². The lowest BCUT2D eigenvalue weighted by molar-refractivity contribution is -0.246. The Morgan fingerprint density at radius 3 is 2.55 bits per heavy atom. The van der Waals surface area contributed by atoms with Crippen molar-refractivity contribution in [2.24, 2.45) is 27.6 Å². The van der Waals surface area contributed by atoms with Gasteiger partial charge in [-0.15, -0.1) is 0 Å². The minimum atomic E-state index is -1.23. The zero-order valence-electron chi connectivity index (χ0n) is 25.6. The minimum absolute atomic E-state index is 0.0234. The van der Waals surface area contributed by atoms with Crippen LogP contribution in [0, 0.1) is 33.4 Å². The van der Waals surface area contributed by atoms with E-state index in [1.54, 1.807) is 23.9 Å². The second-order valence-corrected chi connectivity index (χ2v) is 15.2. The van der Waals surface area contributed by atoms with Gasteiger partial charge in [-0.1, -0.05) is 40.2 Å². The summed E-state index contributed by atoms with van der Waals surface area (Å²) in [6.45, 7) is 12.4. The fourth-order valence-electron chi connectivity index (χ4n) is 9.97. The van der Waals surface area contributed by atoms with Crippen molar-refractivity contribution in [1.82, 2.24) is 9.78 Å². The lowest BCUT2D eigenvalue weighted by Crippen LogP contribution is -2.70. The number of carbonyl (C=O) groups is 2. The number of halogens is 1. The summed E-state index contributed by atoms with van der Waals surface area (Å²) in [5, 5.41) is 17.0. The molecule has 6 rings (SSSR count). The minimum Gasteiger partial charge on any atom is -0.451 e. The van der Waals surface area contributed by atoms with Gasteiger partial charge in [0.05, 0.1) is 29.4 Å². The van der Waals surface area contributed by atoms with Gasteiger partial charge in [0.15, 0.2) is 11.4 Å². The van der Waals surface area contributed by atoms with E-state index in [-0.39, 0.29) is 28.3 Å². The monoisotopic (exact) mass is 594 g/mol. The molecular formula is C34H43FN2O4S. The fraction of sp³-hybridized carbons (Fsp3) is 0.618. The molecule has 1 N–H and O–H groups in total. The molecule has 0 amide bonds. The Labute approximate surface area is 252 Å². The zero-order valence-corrected chi connectivity index (χ0v) is 26.4. The molecule has 3 fully saturated rings. The number of hydrogen-bond acceptors (Lipinski definition) is 6. The van der Waals surface area contributed by atoms with Crippen LogP contribution in [-0.4, -0.2) is 49.9 Å². The number of nitrogens with zero attached hydrogens (tertiary/aromatic N) is 2. The summed E-state index contributed by atoms with van der Waals surface area (Å²) in [5.74, 6) is 0.505. The van der Waals surface area contributed by atoms with Gasteiger partial charge in [-0.3, -0.25) is 9.59 Å². The maximum absolute atomic E-state index is 14.0. The first-order valence-corrected chi connectivity index (χ1v) is 16.5. The molecule has 4 aliphatic rings. The van der Waals surface area contributed by atoms with Gasteiger partial charge in [0, 0.05) is 23.2 Å². The summed E-state index contributed by atoms with van der Waals surface area (Å²) in [5.41, 5.74) is 1.25. The summed E-state index contributed by atoms with van der Waals surface area (Å²) in [6.07, 6.45) is 7.65. The van der Waals surface area contributed by atoms with Crippen molar-refractivity contribution >= 4 is 29.6 Å². The lowest BCUT2D eigenvalue weighted by atomic mass is 9.35. The number of carbonyl (C=O) groups excluding carboxylic acids is 2. The van der Waals surface area contributed by atoms with E-state index in [0.717, 1.165) is 48.4 Å². The van der Waals surface area contributed by atoms with Crippen molar-refractivity contribution in [3.63, 3.8) is 0 Å². The summed E-state index contributed by atoms with van der Waals surface area (Å²) in [6, 6.07) is 6.40. The number of aliphatic hydroxyl groups excluding tert-OH is 1. The van der Waals surface area contributed by atoms with Crippen LogP contribution < -0.4 is 0 Å². The number of fused-ring (bicyclic) bond motifs is 6. The number of thioether (sulfide) groups is 1. The average Bonchev–Trinajstić information content (AvgIpc) is 3.43. The molecule has 5 unspecified atom stereocenters. The van der Waals surface area contributed by atoms with E-state index in [1.807, 2.05) is 17.8 Å². The number of rotatable bonds is 6. The number of ketones is 1. The third-order valence-electron chi connectivity index (χ3n) is 12.6. The number of allylic oxidation sites excluding steroid dienone is 1. The molecule has 1 heterocycles. The van der Waals surface area contributed by atoms with Crippen LogP contribution >= 0.6 is 11.8 Å². The molecule has 6 nitrogen and oxygen atoms in total. The normalized spacial score (nSPS) is 38.5. The van der Waals surface area contributed by atoms with E-state index in [9.17, 15) is 19.1 Å². The number of hydrogen-bond donors (Lipinski definition) is 1. The number of ether oxygens (including phenoxy) is 1. The Morgan fingerprint density at radius 1 is 1.17 bits per heavy atom. The largest absolute Gasteiger partial charge is 0.451 e. The molecular weight excluding hydrogens is 551 g/mol. The van der Waals surface area contributed by atoms with Gasteiger partial charge in [0.1, 0.15) is 5.82 Å². The smallest absolute Gasteiger partial charge is 0.303 e. The number of aromatic nitrogens is 2. The van der Waals surface area contributed by atoms with Crippen LogP contribution in [0.15, 0.2) is 36.0 Å². The van der Waals surface area contributed by atoms with Crippen LogP contribution in [0.3, 0.4) is 0 Å². The predicted molar refractivity (Wildman–Crippen MR) is 163 cm³/mol. The first-order valence-electron chi connectivity index (χ1n) is 15.3. The molecule has 0 radical (unpaired) electrons. The third kappa shape index (κ3) is 3.69. The molecule has 1 aromatic heterocycles. The van der Waals surface area contributed by atoms with Crippen molar-refractivity contribution in [3.05, 3.63) is 53.1 Å². The van der Waals surface area contributed by atoms with Crippen LogP contribution in [0.25, 0.3) is 11.8 Å². The molecule has 0 aliphatic heterocycles. The topological polar surface area (TPSA) is 81.4 Å². The van der Waals surface area contributed by atoms with E-state index < -0.39 is 28.5 Å². The number of aliphatic hydroxyl groups is 1. The van der Waals surface area contributed by atoms with E-state index in [4.69, 9.17) is 9.84 Å². The van der Waals surface area contributed by atoms with Crippen molar-refractivity contribution in [2.75, 3.05) is 11.5 Å². The van der Waals surface area contributed by atoms with Crippen LogP contribution in [0.4, 0.5) is 4.39 Å². The van der Waals surface area contributed by atoms with Gasteiger partial charge in [0.25, 0.3) is 0 Å². The summed E-state index contributed by atoms with van der Waals surface area (Å²) in [4.78, 5) is 26.5. The highest BCUT2D eigenvalue weighted by atomic mass is 32.2. The molecule has 8 heteroatoms. The molecule has 1 aromatic carbocycles. The highest BCUT2D eigenvalue weighted by Gasteiger charge is 2.77. The second-order valence-electron chi connectivity index (χ2n) is 13.9. The highest BCUT2D eigenvalue weighted by Crippen LogP contribution is 2.77. The van der Waals surface area contributed by atoms with Gasteiger partial charge in [-0.2, -0.15) is 16.9 Å². The zero-order chi connectivity index (χ0) is 30.3. The van der Waals surface area contributed by atoms with Gasteiger partial charge in [-0.05, 0) is 91.5 Å². The van der Waals surface area contributed by atoms with E-state index in [1.165, 1.54) is 24.6 Å². The van der Waals surface area contributed by atoms with Crippen LogP contribution in [-0.2, 0) is 20.7 Å². The standard InChI is InChI=1S/C34H43FN2O4S/c1-7-42-20-29(40)34(41-21(2)38)15-14-30(3)27-13-8-23-16-26-22(19-36-37(26)25-11-9-24(35)10-12-25)17-31(23,4)33(27,6)28(39)18-32(30,34)5/h9-12,16,19,27-28,39H,7-8,13-15,17-18,20H2,1-6H3/t27?,28?,30-,31?,32?,33+,34?/m0/s1. The summed E-state index contributed by atoms with van der Waals surface area (Å²) < 4.78 is 21.6.